The third kappa shape index (κ3) is 6.08. The summed E-state index contributed by atoms with van der Waals surface area (Å²) in [5, 5.41) is 6.41. The first-order valence-corrected chi connectivity index (χ1v) is 11.7. The summed E-state index contributed by atoms with van der Waals surface area (Å²) in [4.78, 5) is 25.8. The van der Waals surface area contributed by atoms with Crippen molar-refractivity contribution in [2.45, 2.75) is 25.9 Å². The number of carbonyl (C=O) groups is 2. The van der Waals surface area contributed by atoms with Crippen LogP contribution in [0, 0.1) is 6.92 Å². The van der Waals surface area contributed by atoms with Crippen molar-refractivity contribution in [3.8, 4) is 11.3 Å². The number of furan rings is 1. The van der Waals surface area contributed by atoms with Gasteiger partial charge in [0.15, 0.2) is 0 Å². The fourth-order valence-corrected chi connectivity index (χ4v) is 3.84. The van der Waals surface area contributed by atoms with Crippen molar-refractivity contribution in [1.29, 1.82) is 0 Å². The van der Waals surface area contributed by atoms with Crippen molar-refractivity contribution in [3.05, 3.63) is 87.2 Å². The van der Waals surface area contributed by atoms with Gasteiger partial charge in [-0.2, -0.15) is 0 Å². The highest BCUT2D eigenvalue weighted by molar-refractivity contribution is 6.42. The number of nitrogens with one attached hydrogen (secondary N) is 2. The van der Waals surface area contributed by atoms with Crippen LogP contribution < -0.4 is 10.6 Å². The molecule has 2 amide bonds. The zero-order valence-corrected chi connectivity index (χ0v) is 20.1. The maximum Gasteiger partial charge on any atom is 0.268 e. The average Bonchev–Trinajstić information content (AvgIpc) is 3.51. The first-order chi connectivity index (χ1) is 16.4. The molecule has 0 spiro atoms. The SMILES string of the molecule is Cc1ccc(C(=O)N/C(=C\c2ccc(-c3ccc(Cl)c(Cl)c3)o2)C(=O)NC[C@@H]2CCCO2)cc1. The lowest BCUT2D eigenvalue weighted by atomic mass is 10.1. The molecule has 6 nitrogen and oxygen atoms in total. The second kappa shape index (κ2) is 10.9. The molecule has 1 aliphatic heterocycles. The van der Waals surface area contributed by atoms with Crippen LogP contribution >= 0.6 is 23.2 Å². The van der Waals surface area contributed by atoms with E-state index in [1.54, 1.807) is 42.5 Å². The second-order valence-electron chi connectivity index (χ2n) is 8.05. The van der Waals surface area contributed by atoms with E-state index in [0.29, 0.717) is 40.3 Å². The van der Waals surface area contributed by atoms with E-state index in [1.165, 1.54) is 6.08 Å². The number of halogens is 2. The molecule has 3 aromatic rings. The number of aryl methyl sites for hydroxylation is 1. The Morgan fingerprint density at radius 1 is 1.06 bits per heavy atom. The Bertz CT molecular complexity index is 1210. The van der Waals surface area contributed by atoms with Crippen molar-refractivity contribution in [2.24, 2.45) is 0 Å². The van der Waals surface area contributed by atoms with Gasteiger partial charge in [-0.05, 0) is 62.2 Å². The maximum absolute atomic E-state index is 13.0. The molecule has 0 bridgehead atoms. The highest BCUT2D eigenvalue weighted by atomic mass is 35.5. The largest absolute Gasteiger partial charge is 0.457 e. The highest BCUT2D eigenvalue weighted by Gasteiger charge is 2.20. The Kier molecular flexibility index (Phi) is 7.73. The summed E-state index contributed by atoms with van der Waals surface area (Å²) < 4.78 is 11.5. The molecule has 2 aromatic carbocycles. The third-order valence-electron chi connectivity index (χ3n) is 5.44. The zero-order chi connectivity index (χ0) is 24.1. The summed E-state index contributed by atoms with van der Waals surface area (Å²) in [5.74, 6) is 0.125. The molecule has 4 rings (SSSR count). The molecular formula is C26H24Cl2N2O4. The van der Waals surface area contributed by atoms with Gasteiger partial charge in [0.05, 0.1) is 16.1 Å². The number of benzene rings is 2. The molecule has 8 heteroatoms. The van der Waals surface area contributed by atoms with Gasteiger partial charge in [-0.15, -0.1) is 0 Å². The highest BCUT2D eigenvalue weighted by Crippen LogP contribution is 2.30. The van der Waals surface area contributed by atoms with E-state index < -0.39 is 11.8 Å². The molecule has 0 aliphatic carbocycles. The van der Waals surface area contributed by atoms with E-state index in [4.69, 9.17) is 32.4 Å². The van der Waals surface area contributed by atoms with Gasteiger partial charge in [0, 0.05) is 30.4 Å². The monoisotopic (exact) mass is 498 g/mol. The van der Waals surface area contributed by atoms with Gasteiger partial charge >= 0.3 is 0 Å². The van der Waals surface area contributed by atoms with Crippen LogP contribution in [0.4, 0.5) is 0 Å². The fourth-order valence-electron chi connectivity index (χ4n) is 3.54. The molecule has 1 atom stereocenters. The molecule has 176 valence electrons. The lowest BCUT2D eigenvalue weighted by Crippen LogP contribution is -2.38. The van der Waals surface area contributed by atoms with Crippen LogP contribution in [0.1, 0.15) is 34.5 Å². The van der Waals surface area contributed by atoms with Gasteiger partial charge in [0.25, 0.3) is 11.8 Å². The molecule has 2 heterocycles. The van der Waals surface area contributed by atoms with Crippen molar-refractivity contribution in [1.82, 2.24) is 10.6 Å². The lowest BCUT2D eigenvalue weighted by molar-refractivity contribution is -0.118. The summed E-state index contributed by atoms with van der Waals surface area (Å²) >= 11 is 12.1. The van der Waals surface area contributed by atoms with Crippen LogP contribution in [0.3, 0.4) is 0 Å². The minimum atomic E-state index is -0.427. The maximum atomic E-state index is 13.0. The molecule has 0 saturated carbocycles. The zero-order valence-electron chi connectivity index (χ0n) is 18.6. The molecule has 1 saturated heterocycles. The van der Waals surface area contributed by atoms with E-state index in [2.05, 4.69) is 10.6 Å². The van der Waals surface area contributed by atoms with E-state index in [9.17, 15) is 9.59 Å². The first-order valence-electron chi connectivity index (χ1n) is 10.9. The van der Waals surface area contributed by atoms with Crippen LogP contribution in [0.5, 0.6) is 0 Å². The van der Waals surface area contributed by atoms with Crippen LogP contribution in [0.2, 0.25) is 10.0 Å². The van der Waals surface area contributed by atoms with Crippen LogP contribution in [-0.2, 0) is 9.53 Å². The Balaban J connectivity index is 1.56. The topological polar surface area (TPSA) is 80.6 Å². The molecule has 2 N–H and O–H groups in total. The van der Waals surface area contributed by atoms with E-state index >= 15 is 0 Å². The van der Waals surface area contributed by atoms with Crippen molar-refractivity contribution in [3.63, 3.8) is 0 Å². The summed E-state index contributed by atoms with van der Waals surface area (Å²) in [5.41, 5.74) is 2.28. The Morgan fingerprint density at radius 3 is 2.56 bits per heavy atom. The molecule has 0 unspecified atom stereocenters. The van der Waals surface area contributed by atoms with E-state index in [1.807, 2.05) is 19.1 Å². The quantitative estimate of drug-likeness (QED) is 0.413. The van der Waals surface area contributed by atoms with Crippen molar-refractivity contribution < 1.29 is 18.7 Å². The third-order valence-corrected chi connectivity index (χ3v) is 6.18. The van der Waals surface area contributed by atoms with Crippen LogP contribution in [0.25, 0.3) is 17.4 Å². The summed E-state index contributed by atoms with van der Waals surface area (Å²) in [6, 6.07) is 15.7. The van der Waals surface area contributed by atoms with Gasteiger partial charge in [-0.25, -0.2) is 0 Å². The summed E-state index contributed by atoms with van der Waals surface area (Å²) in [6.45, 7) is 2.99. The molecule has 34 heavy (non-hydrogen) atoms. The van der Waals surface area contributed by atoms with Gasteiger partial charge in [0.2, 0.25) is 0 Å². The minimum absolute atomic E-state index is 0.0251. The number of carbonyl (C=O) groups excluding carboxylic acids is 2. The number of amides is 2. The van der Waals surface area contributed by atoms with E-state index in [-0.39, 0.29) is 11.8 Å². The van der Waals surface area contributed by atoms with Crippen molar-refractivity contribution >= 4 is 41.1 Å². The van der Waals surface area contributed by atoms with E-state index in [0.717, 1.165) is 24.0 Å². The first kappa shape index (κ1) is 24.1. The lowest BCUT2D eigenvalue weighted by Gasteiger charge is -2.13. The predicted octanol–water partition coefficient (Wildman–Crippen LogP) is 5.63. The normalized spacial score (nSPS) is 15.9. The van der Waals surface area contributed by atoms with Gasteiger partial charge < -0.3 is 19.8 Å². The minimum Gasteiger partial charge on any atom is -0.457 e. The Hall–Kier alpha value is -3.06. The molecule has 1 aliphatic rings. The van der Waals surface area contributed by atoms with Gasteiger partial charge in [0.1, 0.15) is 17.2 Å². The number of rotatable bonds is 7. The Labute approximate surface area is 207 Å². The Morgan fingerprint density at radius 2 is 1.85 bits per heavy atom. The van der Waals surface area contributed by atoms with Crippen LogP contribution in [-0.4, -0.2) is 31.1 Å². The van der Waals surface area contributed by atoms with Crippen molar-refractivity contribution in [2.75, 3.05) is 13.2 Å². The second-order valence-corrected chi connectivity index (χ2v) is 8.87. The molecular weight excluding hydrogens is 475 g/mol. The average molecular weight is 499 g/mol. The summed E-state index contributed by atoms with van der Waals surface area (Å²) in [7, 11) is 0. The van der Waals surface area contributed by atoms with Gasteiger partial charge in [-0.1, -0.05) is 40.9 Å². The molecule has 1 fully saturated rings. The van der Waals surface area contributed by atoms with Gasteiger partial charge in [-0.3, -0.25) is 9.59 Å². The van der Waals surface area contributed by atoms with Crippen LogP contribution in [0.15, 0.2) is 64.7 Å². The summed E-state index contributed by atoms with van der Waals surface area (Å²) in [6.07, 6.45) is 3.33. The molecule has 0 radical (unpaired) electrons. The molecule has 1 aromatic heterocycles. The number of hydrogen-bond acceptors (Lipinski definition) is 4. The fraction of sp³-hybridized carbons (Fsp3) is 0.231. The number of ether oxygens (including phenoxy) is 1. The standard InChI is InChI=1S/C26H24Cl2N2O4/c1-16-4-6-17(7-5-16)25(31)30-23(26(32)29-15-20-3-2-12-33-20)14-19-9-11-24(34-19)18-8-10-21(27)22(28)13-18/h4-11,13-14,20H,2-3,12,15H2,1H3,(H,29,32)(H,30,31)/b23-14-/t20-/m0/s1. The predicted molar refractivity (Wildman–Crippen MR) is 133 cm³/mol. The number of hydrogen-bond donors (Lipinski definition) is 2. The smallest absolute Gasteiger partial charge is 0.268 e.